The molecule has 0 radical (unpaired) electrons. The molecular formula is C14H10N4OS. The zero-order valence-corrected chi connectivity index (χ0v) is 11.4. The van der Waals surface area contributed by atoms with E-state index in [0.29, 0.717) is 10.4 Å². The van der Waals surface area contributed by atoms with Gasteiger partial charge >= 0.3 is 0 Å². The summed E-state index contributed by atoms with van der Waals surface area (Å²) in [5.74, 6) is 0.0406. The van der Waals surface area contributed by atoms with E-state index in [-0.39, 0.29) is 11.7 Å². The summed E-state index contributed by atoms with van der Waals surface area (Å²) < 4.78 is 2.55. The molecule has 2 aromatic heterocycles. The standard InChI is InChI=1S/C14H10N4OS/c1-18-8-10(7-15)13(17-18)16-14(19)12-6-9-4-2-3-5-11(9)20-12/h2-6,8H,1H3,(H,16,17,19). The summed E-state index contributed by atoms with van der Waals surface area (Å²) >= 11 is 1.42. The van der Waals surface area contributed by atoms with Gasteiger partial charge in [0.1, 0.15) is 11.6 Å². The van der Waals surface area contributed by atoms with Crippen LogP contribution < -0.4 is 5.32 Å². The molecule has 0 fully saturated rings. The summed E-state index contributed by atoms with van der Waals surface area (Å²) in [5, 5.41) is 16.8. The highest BCUT2D eigenvalue weighted by molar-refractivity contribution is 7.20. The van der Waals surface area contributed by atoms with Crippen LogP contribution in [-0.4, -0.2) is 15.7 Å². The molecule has 1 amide bonds. The lowest BCUT2D eigenvalue weighted by Crippen LogP contribution is -2.11. The average molecular weight is 282 g/mol. The molecule has 0 atom stereocenters. The fourth-order valence-electron chi connectivity index (χ4n) is 1.93. The molecule has 20 heavy (non-hydrogen) atoms. The first-order valence-corrected chi connectivity index (χ1v) is 6.72. The van der Waals surface area contributed by atoms with Crippen molar-refractivity contribution in [2.45, 2.75) is 0 Å². The molecule has 1 aromatic carbocycles. The molecule has 0 saturated heterocycles. The number of nitrogens with zero attached hydrogens (tertiary/aromatic N) is 3. The van der Waals surface area contributed by atoms with E-state index in [1.165, 1.54) is 16.0 Å². The fraction of sp³-hybridized carbons (Fsp3) is 0.0714. The number of aromatic nitrogens is 2. The summed E-state index contributed by atoms with van der Waals surface area (Å²) in [4.78, 5) is 12.8. The minimum absolute atomic E-state index is 0.249. The highest BCUT2D eigenvalue weighted by atomic mass is 32.1. The SMILES string of the molecule is Cn1cc(C#N)c(NC(=O)c2cc3ccccc3s2)n1. The minimum Gasteiger partial charge on any atom is -0.303 e. The van der Waals surface area contributed by atoms with Gasteiger partial charge in [0, 0.05) is 17.9 Å². The summed E-state index contributed by atoms with van der Waals surface area (Å²) in [6, 6.07) is 11.6. The number of carbonyl (C=O) groups is 1. The molecule has 0 aliphatic carbocycles. The first kappa shape index (κ1) is 12.4. The highest BCUT2D eigenvalue weighted by Gasteiger charge is 2.14. The van der Waals surface area contributed by atoms with Crippen molar-refractivity contribution < 1.29 is 4.79 Å². The van der Waals surface area contributed by atoms with Crippen LogP contribution >= 0.6 is 11.3 Å². The van der Waals surface area contributed by atoms with E-state index in [9.17, 15) is 4.79 Å². The van der Waals surface area contributed by atoms with Crippen molar-refractivity contribution in [3.05, 3.63) is 47.0 Å². The van der Waals surface area contributed by atoms with Gasteiger partial charge in [-0.1, -0.05) is 18.2 Å². The number of nitrogens with one attached hydrogen (secondary N) is 1. The molecule has 2 heterocycles. The largest absolute Gasteiger partial charge is 0.303 e. The summed E-state index contributed by atoms with van der Waals surface area (Å²) in [5.41, 5.74) is 0.349. The molecule has 0 saturated carbocycles. The number of carbonyl (C=O) groups excluding carboxylic acids is 1. The Hall–Kier alpha value is -2.65. The molecule has 5 nitrogen and oxygen atoms in total. The van der Waals surface area contributed by atoms with Crippen molar-refractivity contribution in [1.29, 1.82) is 5.26 Å². The van der Waals surface area contributed by atoms with Crippen molar-refractivity contribution in [3.63, 3.8) is 0 Å². The van der Waals surface area contributed by atoms with E-state index in [4.69, 9.17) is 5.26 Å². The van der Waals surface area contributed by atoms with Crippen LogP contribution in [0.25, 0.3) is 10.1 Å². The van der Waals surface area contributed by atoms with Crippen LogP contribution in [0.5, 0.6) is 0 Å². The Morgan fingerprint density at radius 3 is 3.00 bits per heavy atom. The zero-order chi connectivity index (χ0) is 14.1. The molecule has 3 aromatic rings. The van der Waals surface area contributed by atoms with E-state index in [1.54, 1.807) is 13.2 Å². The number of hydrogen-bond donors (Lipinski definition) is 1. The monoisotopic (exact) mass is 282 g/mol. The van der Waals surface area contributed by atoms with Gasteiger partial charge in [0.05, 0.1) is 4.88 Å². The topological polar surface area (TPSA) is 70.7 Å². The Morgan fingerprint density at radius 1 is 1.45 bits per heavy atom. The van der Waals surface area contributed by atoms with Crippen LogP contribution in [-0.2, 0) is 7.05 Å². The molecule has 0 aliphatic rings. The van der Waals surface area contributed by atoms with E-state index < -0.39 is 0 Å². The van der Waals surface area contributed by atoms with Gasteiger partial charge in [0.25, 0.3) is 5.91 Å². The highest BCUT2D eigenvalue weighted by Crippen LogP contribution is 2.26. The van der Waals surface area contributed by atoms with Gasteiger partial charge in [0.15, 0.2) is 5.82 Å². The van der Waals surface area contributed by atoms with Crippen LogP contribution in [0.1, 0.15) is 15.2 Å². The van der Waals surface area contributed by atoms with Gasteiger partial charge in [-0.3, -0.25) is 9.48 Å². The molecule has 0 aliphatic heterocycles. The molecule has 3 rings (SSSR count). The van der Waals surface area contributed by atoms with E-state index in [1.807, 2.05) is 36.4 Å². The van der Waals surface area contributed by atoms with Crippen molar-refractivity contribution in [2.75, 3.05) is 5.32 Å². The molecule has 0 spiro atoms. The summed E-state index contributed by atoms with van der Waals surface area (Å²) in [6.07, 6.45) is 1.57. The lowest BCUT2D eigenvalue weighted by atomic mass is 10.2. The summed E-state index contributed by atoms with van der Waals surface area (Å²) in [7, 11) is 1.70. The van der Waals surface area contributed by atoms with Crippen molar-refractivity contribution in [3.8, 4) is 6.07 Å². The lowest BCUT2D eigenvalue weighted by molar-refractivity contribution is 0.103. The maximum atomic E-state index is 12.2. The number of anilines is 1. The van der Waals surface area contributed by atoms with Crippen LogP contribution in [0, 0.1) is 11.3 Å². The number of thiophene rings is 1. The van der Waals surface area contributed by atoms with Gasteiger partial charge in [-0.25, -0.2) is 0 Å². The second-order valence-electron chi connectivity index (χ2n) is 4.28. The smallest absolute Gasteiger partial charge is 0.267 e. The number of rotatable bonds is 2. The van der Waals surface area contributed by atoms with Gasteiger partial charge in [-0.2, -0.15) is 10.4 Å². The number of fused-ring (bicyclic) bond motifs is 1. The molecule has 0 unspecified atom stereocenters. The Balaban J connectivity index is 1.91. The van der Waals surface area contributed by atoms with E-state index in [2.05, 4.69) is 10.4 Å². The van der Waals surface area contributed by atoms with Gasteiger partial charge < -0.3 is 5.32 Å². The van der Waals surface area contributed by atoms with E-state index in [0.717, 1.165) is 10.1 Å². The molecule has 6 heteroatoms. The first-order chi connectivity index (χ1) is 9.67. The third-order valence-corrected chi connectivity index (χ3v) is 3.95. The van der Waals surface area contributed by atoms with Crippen molar-refractivity contribution in [2.24, 2.45) is 7.05 Å². The maximum Gasteiger partial charge on any atom is 0.267 e. The molecule has 0 bridgehead atoms. The van der Waals surface area contributed by atoms with E-state index >= 15 is 0 Å². The Bertz CT molecular complexity index is 807. The predicted octanol–water partition coefficient (Wildman–Crippen LogP) is 2.76. The number of hydrogen-bond acceptors (Lipinski definition) is 4. The molecular weight excluding hydrogens is 272 g/mol. The maximum absolute atomic E-state index is 12.2. The number of amides is 1. The van der Waals surface area contributed by atoms with Gasteiger partial charge in [0.2, 0.25) is 0 Å². The predicted molar refractivity (Wildman–Crippen MR) is 77.7 cm³/mol. The number of benzene rings is 1. The quantitative estimate of drug-likeness (QED) is 0.785. The molecule has 1 N–H and O–H groups in total. The average Bonchev–Trinajstić information content (AvgIpc) is 3.01. The van der Waals surface area contributed by atoms with Crippen LogP contribution in [0.4, 0.5) is 5.82 Å². The second-order valence-corrected chi connectivity index (χ2v) is 5.36. The third-order valence-electron chi connectivity index (χ3n) is 2.83. The Morgan fingerprint density at radius 2 is 2.25 bits per heavy atom. The van der Waals surface area contributed by atoms with Crippen molar-refractivity contribution >= 4 is 33.1 Å². The fourth-order valence-corrected chi connectivity index (χ4v) is 2.88. The summed E-state index contributed by atoms with van der Waals surface area (Å²) in [6.45, 7) is 0. The lowest BCUT2D eigenvalue weighted by Gasteiger charge is -1.98. The Labute approximate surface area is 119 Å². The molecule has 98 valence electrons. The van der Waals surface area contributed by atoms with Crippen LogP contribution in [0.15, 0.2) is 36.5 Å². The minimum atomic E-state index is -0.249. The third kappa shape index (κ3) is 2.15. The van der Waals surface area contributed by atoms with Gasteiger partial charge in [-0.15, -0.1) is 11.3 Å². The Kier molecular flexibility index (Phi) is 2.97. The van der Waals surface area contributed by atoms with Crippen LogP contribution in [0.2, 0.25) is 0 Å². The number of aryl methyl sites for hydroxylation is 1. The van der Waals surface area contributed by atoms with Crippen LogP contribution in [0.3, 0.4) is 0 Å². The first-order valence-electron chi connectivity index (χ1n) is 5.91. The van der Waals surface area contributed by atoms with Gasteiger partial charge in [-0.05, 0) is 17.5 Å². The normalized spacial score (nSPS) is 10.4. The zero-order valence-electron chi connectivity index (χ0n) is 10.6. The number of nitriles is 1. The second kappa shape index (κ2) is 4.79. The van der Waals surface area contributed by atoms with Crippen molar-refractivity contribution in [1.82, 2.24) is 9.78 Å².